The monoisotopic (exact) mass is 423 g/mol. The Balaban J connectivity index is 1.23. The molecular formula is C25H21N5O2. The summed E-state index contributed by atoms with van der Waals surface area (Å²) in [5, 5.41) is 15.1. The molecule has 5 rings (SSSR count). The highest BCUT2D eigenvalue weighted by Gasteiger charge is 2.08. The van der Waals surface area contributed by atoms with Gasteiger partial charge in [0.2, 0.25) is 0 Å². The molecule has 0 aliphatic carbocycles. The van der Waals surface area contributed by atoms with Crippen LogP contribution in [0.25, 0.3) is 10.9 Å². The molecule has 5 aromatic rings. The second-order valence-corrected chi connectivity index (χ2v) is 7.35. The van der Waals surface area contributed by atoms with Gasteiger partial charge in [0.1, 0.15) is 24.7 Å². The standard InChI is InChI=1S/C25H21N5O2/c1-3-10-23-19(7-1)12-13-21(26-23)17-31-22-9-5-6-18(14-22)16-32-24-11-4-2-8-20(24)15-25-27-29-30-28-25/h1-14H,15-17H2,(H,27,28,29,30). The number of benzene rings is 3. The molecule has 0 amide bonds. The van der Waals surface area contributed by atoms with Crippen molar-refractivity contribution in [2.75, 3.05) is 0 Å². The smallest absolute Gasteiger partial charge is 0.153 e. The largest absolute Gasteiger partial charge is 0.489 e. The van der Waals surface area contributed by atoms with Gasteiger partial charge in [-0.05, 0) is 46.3 Å². The molecule has 0 atom stereocenters. The fourth-order valence-electron chi connectivity index (χ4n) is 3.46. The van der Waals surface area contributed by atoms with Crippen molar-refractivity contribution in [3.05, 3.63) is 108 Å². The van der Waals surface area contributed by atoms with Gasteiger partial charge < -0.3 is 9.47 Å². The van der Waals surface area contributed by atoms with E-state index in [0.717, 1.165) is 39.2 Å². The van der Waals surface area contributed by atoms with Crippen LogP contribution in [0.3, 0.4) is 0 Å². The maximum atomic E-state index is 6.09. The predicted molar refractivity (Wildman–Crippen MR) is 120 cm³/mol. The van der Waals surface area contributed by atoms with E-state index in [1.807, 2.05) is 72.8 Å². The molecule has 32 heavy (non-hydrogen) atoms. The molecule has 0 saturated carbocycles. The molecule has 1 N–H and O–H groups in total. The zero-order chi connectivity index (χ0) is 21.6. The Bertz CT molecular complexity index is 1320. The number of rotatable bonds is 8. The number of tetrazole rings is 1. The average molecular weight is 423 g/mol. The fourth-order valence-corrected chi connectivity index (χ4v) is 3.46. The Morgan fingerprint density at radius 2 is 1.69 bits per heavy atom. The lowest BCUT2D eigenvalue weighted by Gasteiger charge is -2.12. The zero-order valence-electron chi connectivity index (χ0n) is 17.3. The molecule has 0 fully saturated rings. The lowest BCUT2D eigenvalue weighted by Crippen LogP contribution is -2.01. The maximum Gasteiger partial charge on any atom is 0.153 e. The number of ether oxygens (including phenoxy) is 2. The second-order valence-electron chi connectivity index (χ2n) is 7.35. The van der Waals surface area contributed by atoms with Crippen molar-refractivity contribution in [1.29, 1.82) is 0 Å². The minimum atomic E-state index is 0.406. The molecule has 0 saturated heterocycles. The van der Waals surface area contributed by atoms with Crippen molar-refractivity contribution in [3.63, 3.8) is 0 Å². The van der Waals surface area contributed by atoms with E-state index < -0.39 is 0 Å². The molecule has 2 aromatic heterocycles. The number of fused-ring (bicyclic) bond motifs is 1. The van der Waals surface area contributed by atoms with Crippen molar-refractivity contribution in [2.45, 2.75) is 19.6 Å². The van der Waals surface area contributed by atoms with Crippen LogP contribution < -0.4 is 9.47 Å². The van der Waals surface area contributed by atoms with E-state index in [1.165, 1.54) is 0 Å². The zero-order valence-corrected chi connectivity index (χ0v) is 17.3. The predicted octanol–water partition coefficient (Wildman–Crippen LogP) is 4.50. The third-order valence-electron chi connectivity index (χ3n) is 5.06. The van der Waals surface area contributed by atoms with Crippen molar-refractivity contribution in [1.82, 2.24) is 25.6 Å². The Hall–Kier alpha value is -4.26. The number of aromatic nitrogens is 5. The average Bonchev–Trinajstić information content (AvgIpc) is 3.35. The first kappa shape index (κ1) is 19.7. The number of pyridine rings is 1. The van der Waals surface area contributed by atoms with E-state index in [1.54, 1.807) is 0 Å². The van der Waals surface area contributed by atoms with Crippen molar-refractivity contribution in [3.8, 4) is 11.5 Å². The van der Waals surface area contributed by atoms with Gasteiger partial charge in [-0.3, -0.25) is 0 Å². The van der Waals surface area contributed by atoms with Crippen molar-refractivity contribution >= 4 is 10.9 Å². The van der Waals surface area contributed by atoms with Gasteiger partial charge in [0.15, 0.2) is 5.82 Å². The molecular weight excluding hydrogens is 402 g/mol. The minimum absolute atomic E-state index is 0.406. The van der Waals surface area contributed by atoms with Gasteiger partial charge in [-0.2, -0.15) is 0 Å². The summed E-state index contributed by atoms with van der Waals surface area (Å²) in [5.41, 5.74) is 3.89. The summed E-state index contributed by atoms with van der Waals surface area (Å²) in [6, 6.07) is 27.9. The highest BCUT2D eigenvalue weighted by Crippen LogP contribution is 2.23. The molecule has 2 heterocycles. The highest BCUT2D eigenvalue weighted by atomic mass is 16.5. The molecule has 0 spiro atoms. The van der Waals surface area contributed by atoms with Gasteiger partial charge in [-0.25, -0.2) is 10.1 Å². The van der Waals surface area contributed by atoms with Crippen LogP contribution in [-0.2, 0) is 19.6 Å². The van der Waals surface area contributed by atoms with Crippen LogP contribution in [0.15, 0.2) is 84.9 Å². The first-order chi connectivity index (χ1) is 15.8. The summed E-state index contributed by atoms with van der Waals surface area (Å²) >= 11 is 0. The van der Waals surface area contributed by atoms with Crippen LogP contribution in [0, 0.1) is 0 Å². The topological polar surface area (TPSA) is 85.8 Å². The quantitative estimate of drug-likeness (QED) is 0.396. The number of hydrogen-bond acceptors (Lipinski definition) is 6. The third-order valence-corrected chi connectivity index (χ3v) is 5.06. The van der Waals surface area contributed by atoms with Gasteiger partial charge in [0.25, 0.3) is 0 Å². The van der Waals surface area contributed by atoms with Gasteiger partial charge >= 0.3 is 0 Å². The summed E-state index contributed by atoms with van der Waals surface area (Å²) in [4.78, 5) is 4.66. The number of hydrogen-bond donors (Lipinski definition) is 1. The number of para-hydroxylation sites is 2. The van der Waals surface area contributed by atoms with Crippen LogP contribution in [0.1, 0.15) is 22.6 Å². The van der Waals surface area contributed by atoms with E-state index in [9.17, 15) is 0 Å². The fraction of sp³-hybridized carbons (Fsp3) is 0.120. The van der Waals surface area contributed by atoms with E-state index in [0.29, 0.717) is 25.5 Å². The Kier molecular flexibility index (Phi) is 5.70. The summed E-state index contributed by atoms with van der Waals surface area (Å²) in [6.07, 6.45) is 0.574. The first-order valence-corrected chi connectivity index (χ1v) is 10.3. The Morgan fingerprint density at radius 3 is 2.62 bits per heavy atom. The summed E-state index contributed by atoms with van der Waals surface area (Å²) < 4.78 is 12.1. The maximum absolute atomic E-state index is 6.09. The SMILES string of the molecule is c1cc(COc2ccccc2Cc2nnn[nH]2)cc(OCc2ccc3ccccc3n2)c1. The Morgan fingerprint density at radius 1 is 0.781 bits per heavy atom. The summed E-state index contributed by atoms with van der Waals surface area (Å²) in [5.74, 6) is 2.27. The number of nitrogens with one attached hydrogen (secondary N) is 1. The van der Waals surface area contributed by atoms with Gasteiger partial charge in [-0.15, -0.1) is 5.10 Å². The highest BCUT2D eigenvalue weighted by molar-refractivity contribution is 5.78. The van der Waals surface area contributed by atoms with Crippen LogP contribution >= 0.6 is 0 Å². The minimum Gasteiger partial charge on any atom is -0.489 e. The van der Waals surface area contributed by atoms with E-state index in [-0.39, 0.29) is 0 Å². The molecule has 0 bridgehead atoms. The molecule has 3 aromatic carbocycles. The van der Waals surface area contributed by atoms with E-state index >= 15 is 0 Å². The van der Waals surface area contributed by atoms with Gasteiger partial charge in [0, 0.05) is 17.4 Å². The first-order valence-electron chi connectivity index (χ1n) is 10.3. The van der Waals surface area contributed by atoms with Crippen LogP contribution in [-0.4, -0.2) is 25.6 Å². The van der Waals surface area contributed by atoms with Crippen LogP contribution in [0.4, 0.5) is 0 Å². The summed E-state index contributed by atoms with van der Waals surface area (Å²) in [7, 11) is 0. The molecule has 0 radical (unpaired) electrons. The normalized spacial score (nSPS) is 10.9. The molecule has 7 heteroatoms. The molecule has 0 aliphatic heterocycles. The second kappa shape index (κ2) is 9.26. The molecule has 0 unspecified atom stereocenters. The molecule has 158 valence electrons. The Labute approximate surface area is 185 Å². The van der Waals surface area contributed by atoms with E-state index in [4.69, 9.17) is 9.47 Å². The summed E-state index contributed by atoms with van der Waals surface area (Å²) in [6.45, 7) is 0.834. The third kappa shape index (κ3) is 4.73. The van der Waals surface area contributed by atoms with Crippen molar-refractivity contribution in [2.24, 2.45) is 0 Å². The van der Waals surface area contributed by atoms with Crippen LogP contribution in [0.5, 0.6) is 11.5 Å². The molecule has 7 nitrogen and oxygen atoms in total. The van der Waals surface area contributed by atoms with Crippen molar-refractivity contribution < 1.29 is 9.47 Å². The van der Waals surface area contributed by atoms with E-state index in [2.05, 4.69) is 37.7 Å². The number of aromatic amines is 1. The van der Waals surface area contributed by atoms with Gasteiger partial charge in [-0.1, -0.05) is 54.6 Å². The number of H-pyrrole nitrogens is 1. The van der Waals surface area contributed by atoms with Crippen LogP contribution in [0.2, 0.25) is 0 Å². The lowest BCUT2D eigenvalue weighted by atomic mass is 10.1. The lowest BCUT2D eigenvalue weighted by molar-refractivity contribution is 0.292. The number of nitrogens with zero attached hydrogens (tertiary/aromatic N) is 4. The molecule has 0 aliphatic rings. The van der Waals surface area contributed by atoms with Gasteiger partial charge in [0.05, 0.1) is 11.2 Å².